The highest BCUT2D eigenvalue weighted by Gasteiger charge is 2.38. The molecule has 1 atom stereocenters. The van der Waals surface area contributed by atoms with Crippen molar-refractivity contribution in [2.24, 2.45) is 0 Å². The molecule has 0 radical (unpaired) electrons. The molecule has 1 aromatic heterocycles. The fraction of sp³-hybridized carbons (Fsp3) is 0.233. The smallest absolute Gasteiger partial charge is 0.240 e. The zero-order valence-electron chi connectivity index (χ0n) is 21.8. The Labute approximate surface area is 241 Å². The molecule has 4 aromatic rings. The molecule has 0 saturated carbocycles. The largest absolute Gasteiger partial charge is 0.385 e. The van der Waals surface area contributed by atoms with E-state index in [1.54, 1.807) is 23.9 Å². The van der Waals surface area contributed by atoms with Crippen LogP contribution in [0.15, 0.2) is 78.9 Å². The number of rotatable bonds is 9. The number of ether oxygens (including phenoxy) is 1. The number of carbonyl (C=O) groups excluding carboxylic acids is 2. The van der Waals surface area contributed by atoms with E-state index in [1.165, 1.54) is 28.8 Å². The van der Waals surface area contributed by atoms with E-state index in [1.807, 2.05) is 54.6 Å². The summed E-state index contributed by atoms with van der Waals surface area (Å²) in [5.74, 6) is -0.352. The molecular formula is C30H28ClFN4O3S. The van der Waals surface area contributed by atoms with E-state index in [2.05, 4.69) is 5.32 Å². The number of benzene rings is 3. The molecule has 10 heteroatoms. The Balaban J connectivity index is 1.71. The molecule has 5 rings (SSSR count). The van der Waals surface area contributed by atoms with Gasteiger partial charge in [-0.3, -0.25) is 14.5 Å². The fourth-order valence-corrected chi connectivity index (χ4v) is 6.21. The number of aromatic nitrogens is 2. The highest BCUT2D eigenvalue weighted by atomic mass is 35.5. The first-order chi connectivity index (χ1) is 19.5. The summed E-state index contributed by atoms with van der Waals surface area (Å²) in [6.45, 7) is 0.738. The van der Waals surface area contributed by atoms with Gasteiger partial charge in [0, 0.05) is 36.4 Å². The number of halogens is 2. The molecule has 0 bridgehead atoms. The normalized spacial score (nSPS) is 15.0. The van der Waals surface area contributed by atoms with Crippen molar-refractivity contribution in [3.05, 3.63) is 101 Å². The second-order valence-corrected chi connectivity index (χ2v) is 10.7. The van der Waals surface area contributed by atoms with E-state index < -0.39 is 5.82 Å². The van der Waals surface area contributed by atoms with Gasteiger partial charge in [0.05, 0.1) is 22.4 Å². The van der Waals surface area contributed by atoms with Crippen LogP contribution in [-0.4, -0.2) is 54.2 Å². The van der Waals surface area contributed by atoms with Gasteiger partial charge in [-0.25, -0.2) is 9.07 Å². The maximum Gasteiger partial charge on any atom is 0.240 e. The Morgan fingerprint density at radius 1 is 1.10 bits per heavy atom. The lowest BCUT2D eigenvalue weighted by molar-refractivity contribution is -0.122. The molecule has 2 heterocycles. The highest BCUT2D eigenvalue weighted by Crippen LogP contribution is 2.49. The number of fused-ring (bicyclic) bond motifs is 1. The van der Waals surface area contributed by atoms with Crippen LogP contribution in [0.4, 0.5) is 10.2 Å². The molecule has 0 spiro atoms. The number of nitrogens with one attached hydrogen (secondary N) is 1. The molecule has 0 saturated heterocycles. The zero-order valence-corrected chi connectivity index (χ0v) is 23.4. The predicted molar refractivity (Wildman–Crippen MR) is 157 cm³/mol. The van der Waals surface area contributed by atoms with Crippen LogP contribution in [0, 0.1) is 5.82 Å². The standard InChI is InChI=1S/C30H28ClFN4O3S/c1-39-17-7-16-33-25(37)18-35-26(38)19-40-29(23-10-5-6-11-24(23)31)27-28(20-8-3-2-4-9-20)34-36(30(27)35)22-14-12-21(32)13-15-22/h2-6,8-15,29H,7,16-19H2,1H3,(H,33,37). The van der Waals surface area contributed by atoms with Crippen LogP contribution in [0.3, 0.4) is 0 Å². The first kappa shape index (κ1) is 27.9. The minimum absolute atomic E-state index is 0.124. The van der Waals surface area contributed by atoms with Gasteiger partial charge >= 0.3 is 0 Å². The summed E-state index contributed by atoms with van der Waals surface area (Å²) in [7, 11) is 1.60. The van der Waals surface area contributed by atoms with Gasteiger partial charge in [-0.05, 0) is 42.3 Å². The molecule has 7 nitrogen and oxygen atoms in total. The van der Waals surface area contributed by atoms with Gasteiger partial charge in [0.25, 0.3) is 0 Å². The lowest BCUT2D eigenvalue weighted by Gasteiger charge is -2.23. The van der Waals surface area contributed by atoms with Crippen molar-refractivity contribution in [3.8, 4) is 16.9 Å². The Morgan fingerprint density at radius 3 is 2.55 bits per heavy atom. The monoisotopic (exact) mass is 578 g/mol. The molecule has 40 heavy (non-hydrogen) atoms. The summed E-state index contributed by atoms with van der Waals surface area (Å²) in [6, 6.07) is 23.1. The number of nitrogens with zero attached hydrogens (tertiary/aromatic N) is 3. The molecule has 0 aliphatic carbocycles. The van der Waals surface area contributed by atoms with Gasteiger partial charge in [-0.1, -0.05) is 60.1 Å². The SMILES string of the molecule is COCCCNC(=O)CN1C(=O)CSC(c2ccccc2Cl)c2c(-c3ccccc3)nn(-c3ccc(F)cc3)c21. The third-order valence-corrected chi connectivity index (χ3v) is 8.13. The van der Waals surface area contributed by atoms with E-state index >= 15 is 0 Å². The Bertz CT molecular complexity index is 1500. The maximum absolute atomic E-state index is 13.9. The minimum atomic E-state index is -0.391. The average molecular weight is 579 g/mol. The van der Waals surface area contributed by atoms with Crippen LogP contribution in [-0.2, 0) is 14.3 Å². The summed E-state index contributed by atoms with van der Waals surface area (Å²) in [4.78, 5) is 28.2. The van der Waals surface area contributed by atoms with E-state index in [0.717, 1.165) is 16.7 Å². The molecule has 2 amide bonds. The Kier molecular flexibility index (Phi) is 8.84. The van der Waals surface area contributed by atoms with E-state index in [-0.39, 0.29) is 29.4 Å². The fourth-order valence-electron chi connectivity index (χ4n) is 4.67. The van der Waals surface area contributed by atoms with Crippen LogP contribution >= 0.6 is 23.4 Å². The van der Waals surface area contributed by atoms with Crippen molar-refractivity contribution in [2.45, 2.75) is 11.7 Å². The van der Waals surface area contributed by atoms with Gasteiger partial charge in [0.15, 0.2) is 0 Å². The van der Waals surface area contributed by atoms with Gasteiger partial charge in [-0.15, -0.1) is 11.8 Å². The highest BCUT2D eigenvalue weighted by molar-refractivity contribution is 8.00. The molecule has 1 aliphatic heterocycles. The quantitative estimate of drug-likeness (QED) is 0.260. The van der Waals surface area contributed by atoms with Gasteiger partial charge in [0.2, 0.25) is 11.8 Å². The number of hydrogen-bond donors (Lipinski definition) is 1. The summed E-state index contributed by atoms with van der Waals surface area (Å²) in [5.41, 5.74) is 3.65. The summed E-state index contributed by atoms with van der Waals surface area (Å²) < 4.78 is 20.6. The molecule has 206 valence electrons. The van der Waals surface area contributed by atoms with Gasteiger partial charge in [-0.2, -0.15) is 5.10 Å². The van der Waals surface area contributed by atoms with Crippen molar-refractivity contribution < 1.29 is 18.7 Å². The third-order valence-electron chi connectivity index (χ3n) is 6.54. The topological polar surface area (TPSA) is 76.5 Å². The Hall–Kier alpha value is -3.66. The van der Waals surface area contributed by atoms with Crippen LogP contribution < -0.4 is 10.2 Å². The number of hydrogen-bond acceptors (Lipinski definition) is 5. The van der Waals surface area contributed by atoms with Crippen LogP contribution in [0.1, 0.15) is 22.8 Å². The van der Waals surface area contributed by atoms with Gasteiger partial charge in [0.1, 0.15) is 18.2 Å². The molecule has 1 aliphatic rings. The van der Waals surface area contributed by atoms with E-state index in [4.69, 9.17) is 21.4 Å². The lowest BCUT2D eigenvalue weighted by atomic mass is 9.99. The summed E-state index contributed by atoms with van der Waals surface area (Å²) >= 11 is 8.14. The second-order valence-electron chi connectivity index (χ2n) is 9.23. The molecule has 1 unspecified atom stereocenters. The third kappa shape index (κ3) is 5.91. The Morgan fingerprint density at radius 2 is 1.82 bits per heavy atom. The summed E-state index contributed by atoms with van der Waals surface area (Å²) in [6.07, 6.45) is 0.650. The average Bonchev–Trinajstić information content (AvgIpc) is 3.29. The van der Waals surface area contributed by atoms with Crippen LogP contribution in [0.5, 0.6) is 0 Å². The van der Waals surface area contributed by atoms with Crippen molar-refractivity contribution >= 4 is 41.0 Å². The molecule has 1 N–H and O–H groups in total. The second kappa shape index (κ2) is 12.7. The first-order valence-corrected chi connectivity index (χ1v) is 14.3. The minimum Gasteiger partial charge on any atom is -0.385 e. The van der Waals surface area contributed by atoms with Crippen molar-refractivity contribution in [3.63, 3.8) is 0 Å². The van der Waals surface area contributed by atoms with Crippen molar-refractivity contribution in [2.75, 3.05) is 37.5 Å². The van der Waals surface area contributed by atoms with Crippen molar-refractivity contribution in [1.29, 1.82) is 0 Å². The molecule has 3 aromatic carbocycles. The number of thioether (sulfide) groups is 1. The van der Waals surface area contributed by atoms with Crippen LogP contribution in [0.2, 0.25) is 5.02 Å². The van der Waals surface area contributed by atoms with E-state index in [0.29, 0.717) is 41.8 Å². The molecule has 0 fully saturated rings. The molecular weight excluding hydrogens is 551 g/mol. The van der Waals surface area contributed by atoms with Gasteiger partial charge < -0.3 is 10.1 Å². The predicted octanol–water partition coefficient (Wildman–Crippen LogP) is 5.65. The number of anilines is 1. The number of methoxy groups -OCH3 is 1. The summed E-state index contributed by atoms with van der Waals surface area (Å²) in [5, 5.41) is 8.07. The zero-order chi connectivity index (χ0) is 28.1. The van der Waals surface area contributed by atoms with Crippen molar-refractivity contribution in [1.82, 2.24) is 15.1 Å². The number of amides is 2. The maximum atomic E-state index is 13.9. The van der Waals surface area contributed by atoms with Crippen LogP contribution in [0.25, 0.3) is 16.9 Å². The lowest BCUT2D eigenvalue weighted by Crippen LogP contribution is -2.42. The number of carbonyl (C=O) groups is 2. The first-order valence-electron chi connectivity index (χ1n) is 12.8. The van der Waals surface area contributed by atoms with E-state index in [9.17, 15) is 14.0 Å².